The van der Waals surface area contributed by atoms with Crippen LogP contribution < -0.4 is 27.2 Å². The number of hydrogen-bond donors (Lipinski definition) is 5. The Labute approximate surface area is 367 Å². The molecular weight excluding hydrogens is 927 g/mol. The van der Waals surface area contributed by atoms with Crippen LogP contribution in [0.3, 0.4) is 0 Å². The second kappa shape index (κ2) is 23.1. The molecule has 321 valence electrons. The molecule has 0 spiro atoms. The van der Waals surface area contributed by atoms with Crippen molar-refractivity contribution >= 4 is 80.6 Å². The number of ether oxygens (including phenoxy) is 4. The van der Waals surface area contributed by atoms with E-state index in [1.54, 1.807) is 41.1 Å². The third-order valence-corrected chi connectivity index (χ3v) is 10.9. The van der Waals surface area contributed by atoms with Crippen molar-refractivity contribution in [3.05, 3.63) is 80.0 Å². The Bertz CT molecular complexity index is 2280. The molecule has 2 aromatic heterocycles. The van der Waals surface area contributed by atoms with E-state index >= 15 is 0 Å². The van der Waals surface area contributed by atoms with Crippen molar-refractivity contribution in [1.29, 1.82) is 10.5 Å². The first-order chi connectivity index (χ1) is 29.2. The SMILES string of the molecule is COC(=O)Cc1cc(Nc2nn(C3COCC[C@@H]3C#N)cc2C(N)=O)ccc1Br.COC(=O)Cc1cc(O[B]O)ccc1Br.N#C[C@H]1CCOCC1n1cc(C(N)=O)c(N)n1. The maximum atomic E-state index is 11.9. The van der Waals surface area contributed by atoms with E-state index in [9.17, 15) is 24.4 Å². The van der Waals surface area contributed by atoms with Crippen molar-refractivity contribution in [3.8, 4) is 17.9 Å². The van der Waals surface area contributed by atoms with Gasteiger partial charge in [0.25, 0.3) is 11.8 Å². The molecule has 20 nitrogen and oxygen atoms in total. The van der Waals surface area contributed by atoms with Crippen LogP contribution in [0, 0.1) is 34.5 Å². The van der Waals surface area contributed by atoms with E-state index in [1.807, 2.05) is 0 Å². The number of carbonyl (C=O) groups is 4. The molecule has 2 amide bonds. The highest BCUT2D eigenvalue weighted by Crippen LogP contribution is 2.31. The van der Waals surface area contributed by atoms with Crippen LogP contribution in [-0.2, 0) is 41.4 Å². The lowest BCUT2D eigenvalue weighted by atomic mass is 9.97. The van der Waals surface area contributed by atoms with Crippen molar-refractivity contribution in [2.24, 2.45) is 23.3 Å². The minimum absolute atomic E-state index is 0.0831. The Morgan fingerprint density at radius 3 is 1.85 bits per heavy atom. The average molecular weight is 969 g/mol. The van der Waals surface area contributed by atoms with Gasteiger partial charge in [0.05, 0.1) is 76.3 Å². The topological polar surface area (TPSA) is 308 Å². The number of benzene rings is 2. The molecule has 2 aromatic carbocycles. The van der Waals surface area contributed by atoms with Gasteiger partial charge in [0.2, 0.25) is 0 Å². The molecule has 6 rings (SSSR count). The van der Waals surface area contributed by atoms with E-state index in [2.05, 4.69) is 64.2 Å². The molecule has 0 saturated carbocycles. The number of nitrogens with one attached hydrogen (secondary N) is 1. The number of nitrogen functional groups attached to an aromatic ring is 1. The molecule has 1 radical (unpaired) electrons. The summed E-state index contributed by atoms with van der Waals surface area (Å²) in [7, 11) is 3.25. The number of rotatable bonds is 12. The summed E-state index contributed by atoms with van der Waals surface area (Å²) in [5.74, 6) is -1.62. The van der Waals surface area contributed by atoms with Crippen LogP contribution in [-0.4, -0.2) is 96.7 Å². The molecule has 23 heteroatoms. The van der Waals surface area contributed by atoms with Gasteiger partial charge in [0.1, 0.15) is 16.9 Å². The van der Waals surface area contributed by atoms with E-state index in [4.69, 9.17) is 46.4 Å². The highest BCUT2D eigenvalue weighted by atomic mass is 79.9. The number of nitrogens with zero attached hydrogens (tertiary/aromatic N) is 6. The summed E-state index contributed by atoms with van der Waals surface area (Å²) in [5.41, 5.74) is 18.7. The lowest BCUT2D eigenvalue weighted by molar-refractivity contribution is -0.140. The summed E-state index contributed by atoms with van der Waals surface area (Å²) < 4.78 is 29.4. The third kappa shape index (κ3) is 13.3. The van der Waals surface area contributed by atoms with Crippen LogP contribution in [0.5, 0.6) is 5.75 Å². The van der Waals surface area contributed by atoms with Crippen LogP contribution in [0.1, 0.15) is 56.8 Å². The lowest BCUT2D eigenvalue weighted by Gasteiger charge is -2.26. The second-order valence-electron chi connectivity index (χ2n) is 13.3. The minimum Gasteiger partial charge on any atom is -0.537 e. The molecular formula is C38H42BBr2N10O10. The van der Waals surface area contributed by atoms with Gasteiger partial charge in [0.15, 0.2) is 11.6 Å². The smallest absolute Gasteiger partial charge is 0.537 e. The number of aromatic nitrogens is 4. The summed E-state index contributed by atoms with van der Waals surface area (Å²) in [5, 5.41) is 38.4. The standard InChI is InChI=1S/C19H20BrN5O4.C10H13N5O2.C9H9BBrO4/c1-28-17(26)7-12-6-13(2-3-15(12)20)23-19-14(18(22)27)9-25(24-19)16-10-29-5-4-11(16)8-21;11-3-6-1-2-17-5-8(6)15-4-7(10(13)16)9(12)14-15;1-14-9(12)5-6-4-7(15-10-13)2-3-8(6)11/h2-3,6,9,11,16H,4-5,7,10H2,1H3,(H2,22,27)(H,23,24);4,6,8H,1-2,5H2,(H2,12,14)(H2,13,16);2-4,13H,5H2,1H3/t11-,16?;6-,8?;/m11./s1. The number of amides is 2. The Kier molecular flexibility index (Phi) is 18.1. The van der Waals surface area contributed by atoms with Gasteiger partial charge in [-0.3, -0.25) is 28.5 Å². The van der Waals surface area contributed by atoms with Gasteiger partial charge in [-0.2, -0.15) is 20.7 Å². The van der Waals surface area contributed by atoms with Gasteiger partial charge >= 0.3 is 19.6 Å². The first-order valence-corrected chi connectivity index (χ1v) is 19.9. The van der Waals surface area contributed by atoms with Crippen molar-refractivity contribution in [2.45, 2.75) is 37.8 Å². The number of hydrogen-bond acceptors (Lipinski definition) is 16. The highest BCUT2D eigenvalue weighted by molar-refractivity contribution is 9.10. The number of esters is 2. The first kappa shape index (κ1) is 47.7. The molecule has 4 heterocycles. The predicted octanol–water partition coefficient (Wildman–Crippen LogP) is 3.04. The number of methoxy groups -OCH3 is 2. The third-order valence-electron chi connectivity index (χ3n) is 9.33. The van der Waals surface area contributed by atoms with Gasteiger partial charge in [-0.25, -0.2) is 0 Å². The molecule has 8 N–H and O–H groups in total. The molecule has 2 aliphatic heterocycles. The first-order valence-electron chi connectivity index (χ1n) is 18.3. The predicted molar refractivity (Wildman–Crippen MR) is 225 cm³/mol. The number of primary amides is 2. The van der Waals surface area contributed by atoms with Gasteiger partial charge in [-0.1, -0.05) is 31.9 Å². The maximum absolute atomic E-state index is 11.9. The number of carbonyl (C=O) groups excluding carboxylic acids is 4. The largest absolute Gasteiger partial charge is 0.569 e. The van der Waals surface area contributed by atoms with E-state index < -0.39 is 11.8 Å². The van der Waals surface area contributed by atoms with Crippen LogP contribution in [0.15, 0.2) is 57.7 Å². The summed E-state index contributed by atoms with van der Waals surface area (Å²) >= 11 is 6.71. The average Bonchev–Trinajstić information content (AvgIpc) is 3.87. The maximum Gasteiger partial charge on any atom is 0.569 e. The molecule has 2 saturated heterocycles. The fraction of sp³-hybridized carbons (Fsp3) is 0.368. The number of nitrogens with two attached hydrogens (primary N) is 3. The van der Waals surface area contributed by atoms with Crippen LogP contribution in [0.4, 0.5) is 17.3 Å². The molecule has 61 heavy (non-hydrogen) atoms. The second-order valence-corrected chi connectivity index (χ2v) is 15.0. The van der Waals surface area contributed by atoms with Crippen LogP contribution in [0.2, 0.25) is 0 Å². The van der Waals surface area contributed by atoms with E-state index in [0.29, 0.717) is 64.0 Å². The summed E-state index contributed by atoms with van der Waals surface area (Å²) in [6.07, 6.45) is 4.49. The van der Waals surface area contributed by atoms with E-state index in [0.717, 1.165) is 14.5 Å². The summed E-state index contributed by atoms with van der Waals surface area (Å²) in [6, 6.07) is 14.3. The quantitative estimate of drug-likeness (QED) is 0.101. The van der Waals surface area contributed by atoms with Gasteiger partial charge in [-0.05, 0) is 60.4 Å². The van der Waals surface area contributed by atoms with Crippen molar-refractivity contribution in [2.75, 3.05) is 51.7 Å². The van der Waals surface area contributed by atoms with Crippen molar-refractivity contribution in [1.82, 2.24) is 19.6 Å². The minimum atomic E-state index is -0.643. The zero-order chi connectivity index (χ0) is 44.6. The van der Waals surface area contributed by atoms with Crippen LogP contribution >= 0.6 is 31.9 Å². The molecule has 4 aromatic rings. The van der Waals surface area contributed by atoms with Crippen molar-refractivity contribution in [3.63, 3.8) is 0 Å². The number of anilines is 3. The Morgan fingerprint density at radius 2 is 1.36 bits per heavy atom. The van der Waals surface area contributed by atoms with Gasteiger partial charge in [-0.15, -0.1) is 0 Å². The number of halogens is 2. The summed E-state index contributed by atoms with van der Waals surface area (Å²) in [4.78, 5) is 45.7. The van der Waals surface area contributed by atoms with E-state index in [-0.39, 0.29) is 71.5 Å². The Hall–Kier alpha value is -5.98. The monoisotopic (exact) mass is 967 g/mol. The fourth-order valence-corrected chi connectivity index (χ4v) is 6.84. The summed E-state index contributed by atoms with van der Waals surface area (Å²) in [6.45, 7) is 1.80. The molecule has 0 bridgehead atoms. The number of nitriles is 2. The molecule has 0 aliphatic carbocycles. The normalized spacial score (nSPS) is 18.0. The molecule has 2 aliphatic rings. The van der Waals surface area contributed by atoms with Crippen LogP contribution in [0.25, 0.3) is 0 Å². The van der Waals surface area contributed by atoms with E-state index in [1.165, 1.54) is 31.3 Å². The van der Waals surface area contributed by atoms with Gasteiger partial charge < -0.3 is 51.1 Å². The lowest BCUT2D eigenvalue weighted by Crippen LogP contribution is -2.29. The fourth-order valence-electron chi connectivity index (χ4n) is 6.07. The highest BCUT2D eigenvalue weighted by Gasteiger charge is 2.31. The molecule has 2 unspecified atom stereocenters. The zero-order valence-corrected chi connectivity index (χ0v) is 36.1. The van der Waals surface area contributed by atoms with Gasteiger partial charge in [0, 0.05) is 40.2 Å². The zero-order valence-electron chi connectivity index (χ0n) is 33.0. The Morgan fingerprint density at radius 1 is 0.852 bits per heavy atom. The van der Waals surface area contributed by atoms with Crippen molar-refractivity contribution < 1.29 is 47.8 Å². The Balaban J connectivity index is 0.000000218. The molecule has 4 atom stereocenters. The molecule has 2 fully saturated rings.